The monoisotopic (exact) mass is 191 g/mol. The maximum absolute atomic E-state index is 9.63. The van der Waals surface area contributed by atoms with Gasteiger partial charge in [-0.25, -0.2) is 0 Å². The molecule has 0 aromatic heterocycles. The number of benzene rings is 1. The van der Waals surface area contributed by atoms with E-state index in [1.165, 1.54) is 12.8 Å². The van der Waals surface area contributed by atoms with Gasteiger partial charge < -0.3 is 10.8 Å². The van der Waals surface area contributed by atoms with E-state index in [0.717, 1.165) is 24.8 Å². The highest BCUT2D eigenvalue weighted by Gasteiger charge is 2.29. The van der Waals surface area contributed by atoms with Crippen LogP contribution in [0.4, 0.5) is 0 Å². The van der Waals surface area contributed by atoms with E-state index < -0.39 is 0 Å². The number of hydrogen-bond donors (Lipinski definition) is 2. The number of phenolic OH excluding ortho intramolecular Hbond substituents is 1. The Balaban J connectivity index is 2.14. The summed E-state index contributed by atoms with van der Waals surface area (Å²) in [5.74, 6) is 0.379. The van der Waals surface area contributed by atoms with Crippen molar-refractivity contribution in [3.8, 4) is 5.75 Å². The Kier molecular flexibility index (Phi) is 2.46. The van der Waals surface area contributed by atoms with E-state index in [1.807, 2.05) is 18.2 Å². The molecule has 1 aromatic carbocycles. The Morgan fingerprint density at radius 1 is 1.21 bits per heavy atom. The maximum Gasteiger partial charge on any atom is 0.118 e. The molecule has 0 atom stereocenters. The van der Waals surface area contributed by atoms with Crippen LogP contribution in [0, 0.1) is 0 Å². The zero-order valence-electron chi connectivity index (χ0n) is 8.37. The van der Waals surface area contributed by atoms with E-state index in [2.05, 4.69) is 0 Å². The number of hydrogen-bond acceptors (Lipinski definition) is 2. The van der Waals surface area contributed by atoms with E-state index in [4.69, 9.17) is 5.73 Å². The van der Waals surface area contributed by atoms with Crippen LogP contribution in [0.15, 0.2) is 24.3 Å². The SMILES string of the molecule is NC1(Cc2ccccc2O)CCCC1. The van der Waals surface area contributed by atoms with Gasteiger partial charge in [0.25, 0.3) is 0 Å². The average Bonchev–Trinajstić information content (AvgIpc) is 2.57. The number of para-hydroxylation sites is 1. The summed E-state index contributed by atoms with van der Waals surface area (Å²) < 4.78 is 0. The second kappa shape index (κ2) is 3.62. The van der Waals surface area contributed by atoms with Crippen LogP contribution < -0.4 is 5.73 Å². The summed E-state index contributed by atoms with van der Waals surface area (Å²) in [5, 5.41) is 9.63. The maximum atomic E-state index is 9.63. The first-order valence-electron chi connectivity index (χ1n) is 5.25. The smallest absolute Gasteiger partial charge is 0.118 e. The van der Waals surface area contributed by atoms with Crippen LogP contribution in [0.1, 0.15) is 31.2 Å². The molecule has 1 saturated carbocycles. The lowest BCUT2D eigenvalue weighted by atomic mass is 9.90. The van der Waals surface area contributed by atoms with Gasteiger partial charge in [0.1, 0.15) is 5.75 Å². The fraction of sp³-hybridized carbons (Fsp3) is 0.500. The number of nitrogens with two attached hydrogens (primary N) is 1. The van der Waals surface area contributed by atoms with Crippen molar-refractivity contribution < 1.29 is 5.11 Å². The minimum Gasteiger partial charge on any atom is -0.508 e. The lowest BCUT2D eigenvalue weighted by Crippen LogP contribution is -2.38. The molecule has 0 bridgehead atoms. The Morgan fingerprint density at radius 3 is 2.50 bits per heavy atom. The molecule has 0 spiro atoms. The number of aromatic hydroxyl groups is 1. The van der Waals surface area contributed by atoms with Crippen molar-refractivity contribution in [3.05, 3.63) is 29.8 Å². The van der Waals surface area contributed by atoms with E-state index in [1.54, 1.807) is 6.07 Å². The van der Waals surface area contributed by atoms with Crippen molar-refractivity contribution in [3.63, 3.8) is 0 Å². The van der Waals surface area contributed by atoms with Crippen molar-refractivity contribution >= 4 is 0 Å². The predicted molar refractivity (Wildman–Crippen MR) is 57.2 cm³/mol. The van der Waals surface area contributed by atoms with Crippen LogP contribution in [0.2, 0.25) is 0 Å². The third kappa shape index (κ3) is 1.90. The van der Waals surface area contributed by atoms with Gasteiger partial charge in [-0.1, -0.05) is 31.0 Å². The molecule has 0 unspecified atom stereocenters. The van der Waals surface area contributed by atoms with Gasteiger partial charge in [0, 0.05) is 5.54 Å². The molecule has 2 heteroatoms. The zero-order chi connectivity index (χ0) is 10.0. The van der Waals surface area contributed by atoms with Crippen molar-refractivity contribution in [1.29, 1.82) is 0 Å². The summed E-state index contributed by atoms with van der Waals surface area (Å²) >= 11 is 0. The molecule has 1 aliphatic carbocycles. The standard InChI is InChI=1S/C12H17NO/c13-12(7-3-4-8-12)9-10-5-1-2-6-11(10)14/h1-2,5-6,14H,3-4,7-9,13H2. The van der Waals surface area contributed by atoms with Crippen molar-refractivity contribution in [2.24, 2.45) is 5.73 Å². The van der Waals surface area contributed by atoms with E-state index in [-0.39, 0.29) is 5.54 Å². The summed E-state index contributed by atoms with van der Waals surface area (Å²) in [5.41, 5.74) is 7.16. The highest BCUT2D eigenvalue weighted by atomic mass is 16.3. The Labute approximate surface area is 84.7 Å². The van der Waals surface area contributed by atoms with Crippen LogP contribution in [-0.2, 0) is 6.42 Å². The third-order valence-electron chi connectivity index (χ3n) is 3.13. The van der Waals surface area contributed by atoms with Crippen LogP contribution in [-0.4, -0.2) is 10.6 Å². The third-order valence-corrected chi connectivity index (χ3v) is 3.13. The first-order valence-corrected chi connectivity index (χ1v) is 5.25. The van der Waals surface area contributed by atoms with E-state index >= 15 is 0 Å². The fourth-order valence-corrected chi connectivity index (χ4v) is 2.30. The Bertz CT molecular complexity index is 316. The van der Waals surface area contributed by atoms with Crippen LogP contribution in [0.3, 0.4) is 0 Å². The van der Waals surface area contributed by atoms with Gasteiger partial charge in [0.2, 0.25) is 0 Å². The molecule has 0 aliphatic heterocycles. The van der Waals surface area contributed by atoms with Gasteiger partial charge in [-0.3, -0.25) is 0 Å². The van der Waals surface area contributed by atoms with Gasteiger partial charge in [-0.05, 0) is 30.9 Å². The molecule has 0 amide bonds. The summed E-state index contributed by atoms with van der Waals surface area (Å²) in [7, 11) is 0. The van der Waals surface area contributed by atoms with Crippen molar-refractivity contribution in [1.82, 2.24) is 0 Å². The average molecular weight is 191 g/mol. The molecular weight excluding hydrogens is 174 g/mol. The molecular formula is C12H17NO. The van der Waals surface area contributed by atoms with Crippen LogP contribution in [0.25, 0.3) is 0 Å². The van der Waals surface area contributed by atoms with Crippen LogP contribution in [0.5, 0.6) is 5.75 Å². The summed E-state index contributed by atoms with van der Waals surface area (Å²) in [6.07, 6.45) is 5.43. The quantitative estimate of drug-likeness (QED) is 0.752. The van der Waals surface area contributed by atoms with Crippen molar-refractivity contribution in [2.45, 2.75) is 37.6 Å². The largest absolute Gasteiger partial charge is 0.508 e. The molecule has 0 saturated heterocycles. The first-order chi connectivity index (χ1) is 6.70. The number of phenols is 1. The molecule has 0 heterocycles. The molecule has 0 radical (unpaired) electrons. The second-order valence-corrected chi connectivity index (χ2v) is 4.37. The topological polar surface area (TPSA) is 46.2 Å². The second-order valence-electron chi connectivity index (χ2n) is 4.37. The van der Waals surface area contributed by atoms with Crippen LogP contribution >= 0.6 is 0 Å². The molecule has 2 rings (SSSR count). The predicted octanol–water partition coefficient (Wildman–Crippen LogP) is 2.21. The van der Waals surface area contributed by atoms with E-state index in [9.17, 15) is 5.11 Å². The highest BCUT2D eigenvalue weighted by molar-refractivity contribution is 5.33. The zero-order valence-corrected chi connectivity index (χ0v) is 8.37. The van der Waals surface area contributed by atoms with Gasteiger partial charge in [-0.2, -0.15) is 0 Å². The number of rotatable bonds is 2. The van der Waals surface area contributed by atoms with Gasteiger partial charge in [-0.15, -0.1) is 0 Å². The molecule has 2 nitrogen and oxygen atoms in total. The summed E-state index contributed by atoms with van der Waals surface area (Å²) in [6, 6.07) is 7.49. The highest BCUT2D eigenvalue weighted by Crippen LogP contribution is 2.32. The fourth-order valence-electron chi connectivity index (χ4n) is 2.30. The molecule has 1 aliphatic rings. The molecule has 1 aromatic rings. The Hall–Kier alpha value is -1.02. The first kappa shape index (κ1) is 9.53. The van der Waals surface area contributed by atoms with Gasteiger partial charge in [0.15, 0.2) is 0 Å². The minimum absolute atomic E-state index is 0.0706. The normalized spacial score (nSPS) is 19.8. The molecule has 14 heavy (non-hydrogen) atoms. The molecule has 3 N–H and O–H groups in total. The van der Waals surface area contributed by atoms with Crippen molar-refractivity contribution in [2.75, 3.05) is 0 Å². The molecule has 76 valence electrons. The summed E-state index contributed by atoms with van der Waals surface area (Å²) in [4.78, 5) is 0. The lowest BCUT2D eigenvalue weighted by Gasteiger charge is -2.23. The van der Waals surface area contributed by atoms with E-state index in [0.29, 0.717) is 5.75 Å². The lowest BCUT2D eigenvalue weighted by molar-refractivity contribution is 0.415. The minimum atomic E-state index is -0.0706. The van der Waals surface area contributed by atoms with Gasteiger partial charge in [0.05, 0.1) is 0 Å². The van der Waals surface area contributed by atoms with Gasteiger partial charge >= 0.3 is 0 Å². The summed E-state index contributed by atoms with van der Waals surface area (Å²) in [6.45, 7) is 0. The Morgan fingerprint density at radius 2 is 1.86 bits per heavy atom. The molecule has 1 fully saturated rings.